The average molecular weight is 365 g/mol. The van der Waals surface area contributed by atoms with Gasteiger partial charge in [0, 0.05) is 43.8 Å². The number of nitrogens with zero attached hydrogens (tertiary/aromatic N) is 2. The van der Waals surface area contributed by atoms with Gasteiger partial charge in [0.25, 0.3) is 0 Å². The normalized spacial score (nSPS) is 27.3. The molecule has 0 aliphatic carbocycles. The molecule has 140 valence electrons. The molecule has 2 aliphatic rings. The van der Waals surface area contributed by atoms with Gasteiger partial charge in [-0.15, -0.1) is 0 Å². The lowest BCUT2D eigenvalue weighted by molar-refractivity contribution is -0.141. The van der Waals surface area contributed by atoms with Crippen LogP contribution in [-0.4, -0.2) is 47.9 Å². The molecule has 0 amide bonds. The van der Waals surface area contributed by atoms with Crippen LogP contribution in [0.4, 0.5) is 13.2 Å². The quantitative estimate of drug-likeness (QED) is 0.899. The summed E-state index contributed by atoms with van der Waals surface area (Å²) in [5.74, 6) is 0.640. The zero-order valence-electron chi connectivity index (χ0n) is 14.4. The van der Waals surface area contributed by atoms with E-state index in [9.17, 15) is 13.2 Å². The van der Waals surface area contributed by atoms with Gasteiger partial charge in [0.05, 0.1) is 6.61 Å². The number of likely N-dealkylation sites (tertiary alicyclic amines) is 1. The Morgan fingerprint density at radius 3 is 2.58 bits per heavy atom. The van der Waals surface area contributed by atoms with E-state index in [0.717, 1.165) is 44.8 Å². The van der Waals surface area contributed by atoms with Crippen LogP contribution in [0.2, 0.25) is 0 Å². The average Bonchev–Trinajstić information content (AvgIpc) is 3.35. The van der Waals surface area contributed by atoms with E-state index in [1.165, 1.54) is 6.07 Å². The number of nitrogens with one attached hydrogen (secondary N) is 1. The van der Waals surface area contributed by atoms with E-state index in [1.807, 2.05) is 18.2 Å². The lowest BCUT2D eigenvalue weighted by atomic mass is 9.87. The minimum Gasteiger partial charge on any atom is -0.381 e. The van der Waals surface area contributed by atoms with Crippen molar-refractivity contribution in [3.63, 3.8) is 0 Å². The summed E-state index contributed by atoms with van der Waals surface area (Å²) in [7, 11) is 0. The molecule has 1 aromatic heterocycles. The summed E-state index contributed by atoms with van der Waals surface area (Å²) in [4.78, 5) is 2.36. The van der Waals surface area contributed by atoms with E-state index >= 15 is 0 Å². The third kappa shape index (κ3) is 3.64. The molecule has 1 N–H and O–H groups in total. The van der Waals surface area contributed by atoms with Gasteiger partial charge < -0.3 is 9.64 Å². The molecule has 0 unspecified atom stereocenters. The highest BCUT2D eigenvalue weighted by atomic mass is 19.4. The van der Waals surface area contributed by atoms with Gasteiger partial charge in [-0.25, -0.2) is 0 Å². The van der Waals surface area contributed by atoms with Crippen LogP contribution in [0, 0.1) is 5.92 Å². The fourth-order valence-electron chi connectivity index (χ4n) is 4.15. The van der Waals surface area contributed by atoms with Gasteiger partial charge in [-0.3, -0.25) is 5.10 Å². The van der Waals surface area contributed by atoms with Crippen molar-refractivity contribution in [2.45, 2.75) is 24.4 Å². The van der Waals surface area contributed by atoms with Crippen LogP contribution in [0.15, 0.2) is 36.4 Å². The van der Waals surface area contributed by atoms with Gasteiger partial charge in [-0.05, 0) is 24.0 Å². The van der Waals surface area contributed by atoms with Crippen LogP contribution in [-0.2, 0) is 10.9 Å². The molecule has 2 aliphatic heterocycles. The molecule has 7 heteroatoms. The molecule has 2 saturated heterocycles. The molecule has 2 aromatic rings. The molecule has 2 fully saturated rings. The molecule has 0 saturated carbocycles. The number of aromatic amines is 1. The lowest BCUT2D eigenvalue weighted by Crippen LogP contribution is -2.28. The van der Waals surface area contributed by atoms with Crippen molar-refractivity contribution in [3.8, 4) is 0 Å². The zero-order chi connectivity index (χ0) is 18.1. The number of alkyl halides is 3. The number of ether oxygens (including phenoxy) is 1. The molecule has 1 aromatic carbocycles. The van der Waals surface area contributed by atoms with Gasteiger partial charge in [-0.2, -0.15) is 18.3 Å². The maximum Gasteiger partial charge on any atom is 0.435 e. The number of rotatable bonds is 4. The van der Waals surface area contributed by atoms with E-state index < -0.39 is 11.9 Å². The smallest absolute Gasteiger partial charge is 0.381 e. The number of aromatic nitrogens is 2. The first-order chi connectivity index (χ1) is 12.5. The summed E-state index contributed by atoms with van der Waals surface area (Å²) in [6.45, 7) is 4.08. The van der Waals surface area contributed by atoms with Gasteiger partial charge >= 0.3 is 6.18 Å². The summed E-state index contributed by atoms with van der Waals surface area (Å²) in [5, 5.41) is 6.15. The predicted octanol–water partition coefficient (Wildman–Crippen LogP) is 3.65. The Kier molecular flexibility index (Phi) is 4.75. The second kappa shape index (κ2) is 7.04. The third-order valence-corrected chi connectivity index (χ3v) is 5.45. The highest BCUT2D eigenvalue weighted by Crippen LogP contribution is 2.40. The fraction of sp³-hybridized carbons (Fsp3) is 0.526. The molecule has 0 bridgehead atoms. The Balaban J connectivity index is 1.57. The summed E-state index contributed by atoms with van der Waals surface area (Å²) >= 11 is 0. The summed E-state index contributed by atoms with van der Waals surface area (Å²) in [5.41, 5.74) is 0.879. The number of hydrogen-bond donors (Lipinski definition) is 1. The van der Waals surface area contributed by atoms with Crippen LogP contribution in [0.25, 0.3) is 0 Å². The van der Waals surface area contributed by atoms with Crippen molar-refractivity contribution >= 4 is 0 Å². The molecule has 26 heavy (non-hydrogen) atoms. The first kappa shape index (κ1) is 17.5. The van der Waals surface area contributed by atoms with Crippen LogP contribution in [0.5, 0.6) is 0 Å². The van der Waals surface area contributed by atoms with Gasteiger partial charge in [0.15, 0.2) is 5.69 Å². The summed E-state index contributed by atoms with van der Waals surface area (Å²) in [6.07, 6.45) is -3.37. The molecule has 4 rings (SSSR count). The van der Waals surface area contributed by atoms with Crippen molar-refractivity contribution < 1.29 is 17.9 Å². The predicted molar refractivity (Wildman–Crippen MR) is 90.9 cm³/mol. The second-order valence-electron chi connectivity index (χ2n) is 7.28. The van der Waals surface area contributed by atoms with E-state index in [1.54, 1.807) is 0 Å². The molecule has 3 atom stereocenters. The summed E-state index contributed by atoms with van der Waals surface area (Å²) in [6, 6.07) is 11.2. The first-order valence-corrected chi connectivity index (χ1v) is 8.98. The van der Waals surface area contributed by atoms with Gasteiger partial charge in [-0.1, -0.05) is 30.3 Å². The first-order valence-electron chi connectivity index (χ1n) is 8.98. The maximum atomic E-state index is 12.9. The van der Waals surface area contributed by atoms with Crippen LogP contribution < -0.4 is 0 Å². The Morgan fingerprint density at radius 2 is 1.92 bits per heavy atom. The van der Waals surface area contributed by atoms with Crippen molar-refractivity contribution in [3.05, 3.63) is 53.3 Å². The van der Waals surface area contributed by atoms with E-state index in [2.05, 4.69) is 27.2 Å². The Labute approximate surface area is 150 Å². The van der Waals surface area contributed by atoms with Crippen LogP contribution in [0.3, 0.4) is 0 Å². The summed E-state index contributed by atoms with van der Waals surface area (Å²) < 4.78 is 44.3. The fourth-order valence-corrected chi connectivity index (χ4v) is 4.15. The van der Waals surface area contributed by atoms with Crippen molar-refractivity contribution in [2.75, 3.05) is 32.8 Å². The third-order valence-electron chi connectivity index (χ3n) is 5.45. The molecule has 0 spiro atoms. The number of benzene rings is 1. The molecule has 4 nitrogen and oxygen atoms in total. The van der Waals surface area contributed by atoms with Gasteiger partial charge in [0.2, 0.25) is 0 Å². The van der Waals surface area contributed by atoms with Crippen LogP contribution in [0.1, 0.15) is 35.2 Å². The number of H-pyrrole nitrogens is 1. The highest BCUT2D eigenvalue weighted by Gasteiger charge is 2.39. The number of hydrogen-bond acceptors (Lipinski definition) is 3. The second-order valence-corrected chi connectivity index (χ2v) is 7.28. The minimum absolute atomic E-state index is 0.0247. The van der Waals surface area contributed by atoms with Gasteiger partial charge in [0.1, 0.15) is 0 Å². The topological polar surface area (TPSA) is 41.1 Å². The van der Waals surface area contributed by atoms with E-state index in [0.29, 0.717) is 11.6 Å². The largest absolute Gasteiger partial charge is 0.435 e. The Morgan fingerprint density at radius 1 is 1.15 bits per heavy atom. The minimum atomic E-state index is -4.42. The van der Waals surface area contributed by atoms with Crippen molar-refractivity contribution in [1.82, 2.24) is 15.1 Å². The molecular formula is C19H22F3N3O. The van der Waals surface area contributed by atoms with E-state index in [-0.39, 0.29) is 11.8 Å². The van der Waals surface area contributed by atoms with Crippen LogP contribution >= 0.6 is 0 Å². The maximum absolute atomic E-state index is 12.9. The van der Waals surface area contributed by atoms with Crippen molar-refractivity contribution in [1.29, 1.82) is 0 Å². The Hall–Kier alpha value is -1.86. The van der Waals surface area contributed by atoms with E-state index in [4.69, 9.17) is 4.74 Å². The standard InChI is InChI=1S/C19H22F3N3O/c20-19(21,22)18-8-17(23-24-18)16-11-25(9-13-6-7-26-12-13)10-15(16)14-4-2-1-3-5-14/h1-5,8,13,15-16H,6-7,9-12H2,(H,23,24)/t13-,15-,16+/m0/s1. The zero-order valence-corrected chi connectivity index (χ0v) is 14.4. The SMILES string of the molecule is FC(F)(F)c1cc([C@@H]2CN(C[C@@H]3CCOC3)C[C@H]2c2ccccc2)[nH]n1. The molecule has 3 heterocycles. The monoisotopic (exact) mass is 365 g/mol. The number of halogens is 3. The molecule has 0 radical (unpaired) electrons. The Bertz CT molecular complexity index is 725. The van der Waals surface area contributed by atoms with Crippen molar-refractivity contribution in [2.24, 2.45) is 5.92 Å². The highest BCUT2D eigenvalue weighted by molar-refractivity contribution is 5.29. The molecular weight excluding hydrogens is 343 g/mol. The lowest BCUT2D eigenvalue weighted by Gasteiger charge is -2.19.